The van der Waals surface area contributed by atoms with Crippen LogP contribution in [0.2, 0.25) is 0 Å². The number of rotatable bonds is 7. The van der Waals surface area contributed by atoms with Crippen molar-refractivity contribution in [3.05, 3.63) is 53.2 Å². The fraction of sp³-hybridized carbons (Fsp3) is 0.200. The van der Waals surface area contributed by atoms with Gasteiger partial charge in [-0.05, 0) is 36.8 Å². The van der Waals surface area contributed by atoms with Gasteiger partial charge in [0.05, 0.1) is 39.5 Å². The maximum Gasteiger partial charge on any atom is 0.262 e. The number of hydrogen-bond acceptors (Lipinski definition) is 6. The van der Waals surface area contributed by atoms with Crippen molar-refractivity contribution >= 4 is 32.3 Å². The Morgan fingerprint density at radius 1 is 1.10 bits per heavy atom. The molecule has 1 heterocycles. The molecule has 0 aliphatic carbocycles. The van der Waals surface area contributed by atoms with Crippen LogP contribution in [-0.4, -0.2) is 33.7 Å². The molecule has 0 bridgehead atoms. The molecule has 2 aromatic carbocycles. The van der Waals surface area contributed by atoms with Crippen LogP contribution in [0.25, 0.3) is 10.9 Å². The van der Waals surface area contributed by atoms with Crippen molar-refractivity contribution in [3.8, 4) is 12.1 Å². The minimum Gasteiger partial charge on any atom is -0.383 e. The van der Waals surface area contributed by atoms with E-state index in [0.717, 1.165) is 5.56 Å². The van der Waals surface area contributed by atoms with Crippen LogP contribution < -0.4 is 10.0 Å². The second-order valence-electron chi connectivity index (χ2n) is 6.34. The first kappa shape index (κ1) is 20.2. The maximum atomic E-state index is 12.9. The second-order valence-corrected chi connectivity index (χ2v) is 8.02. The third-order valence-corrected chi connectivity index (χ3v) is 5.82. The third-order valence-electron chi connectivity index (χ3n) is 4.45. The van der Waals surface area contributed by atoms with E-state index >= 15 is 0 Å². The zero-order valence-electron chi connectivity index (χ0n) is 15.9. The van der Waals surface area contributed by atoms with Crippen LogP contribution in [-0.2, 0) is 14.8 Å². The Kier molecular flexibility index (Phi) is 5.74. The van der Waals surface area contributed by atoms with E-state index in [1.807, 2.05) is 13.0 Å². The topological polar surface area (TPSA) is 131 Å². The molecule has 8 nitrogen and oxygen atoms in total. The molecule has 0 atom stereocenters. The van der Waals surface area contributed by atoms with Gasteiger partial charge in [0.1, 0.15) is 12.1 Å². The number of nitrogens with zero attached hydrogens (tertiary/aromatic N) is 2. The number of aromatic amines is 1. The first-order valence-corrected chi connectivity index (χ1v) is 10.2. The van der Waals surface area contributed by atoms with Gasteiger partial charge in [0.2, 0.25) is 0 Å². The van der Waals surface area contributed by atoms with E-state index in [1.165, 1.54) is 12.1 Å². The molecule has 1 aromatic heterocycles. The van der Waals surface area contributed by atoms with Gasteiger partial charge in [-0.25, -0.2) is 8.42 Å². The van der Waals surface area contributed by atoms with Gasteiger partial charge in [-0.2, -0.15) is 10.5 Å². The lowest BCUT2D eigenvalue weighted by molar-refractivity contribution is 0.211. The maximum absolute atomic E-state index is 12.9. The highest BCUT2D eigenvalue weighted by atomic mass is 32.2. The van der Waals surface area contributed by atoms with Crippen LogP contribution in [0.5, 0.6) is 0 Å². The molecule has 0 aliphatic rings. The number of H-pyrrole nitrogens is 1. The molecule has 0 radical (unpaired) electrons. The molecule has 0 unspecified atom stereocenters. The zero-order chi connectivity index (χ0) is 21.0. The summed E-state index contributed by atoms with van der Waals surface area (Å²) in [5.74, 6) is 0. The molecule has 0 saturated heterocycles. The first-order chi connectivity index (χ1) is 13.9. The fourth-order valence-electron chi connectivity index (χ4n) is 3.02. The summed E-state index contributed by atoms with van der Waals surface area (Å²) in [6.45, 7) is 2.80. The predicted molar refractivity (Wildman–Crippen MR) is 110 cm³/mol. The minimum absolute atomic E-state index is 0.0351. The Balaban J connectivity index is 1.96. The number of fused-ring (bicyclic) bond motifs is 1. The van der Waals surface area contributed by atoms with Crippen LogP contribution in [0.15, 0.2) is 41.4 Å². The van der Waals surface area contributed by atoms with Crippen LogP contribution in [0.4, 0.5) is 11.4 Å². The molecule has 3 aromatic rings. The monoisotopic (exact) mass is 409 g/mol. The van der Waals surface area contributed by atoms with Crippen molar-refractivity contribution in [2.45, 2.75) is 11.8 Å². The summed E-state index contributed by atoms with van der Waals surface area (Å²) in [4.78, 5) is 2.92. The van der Waals surface area contributed by atoms with E-state index in [0.29, 0.717) is 41.0 Å². The zero-order valence-corrected chi connectivity index (χ0v) is 16.7. The van der Waals surface area contributed by atoms with Crippen LogP contribution >= 0.6 is 0 Å². The Morgan fingerprint density at radius 2 is 1.83 bits per heavy atom. The summed E-state index contributed by atoms with van der Waals surface area (Å²) in [7, 11) is -2.38. The van der Waals surface area contributed by atoms with Gasteiger partial charge in [-0.15, -0.1) is 0 Å². The molecule has 9 heteroatoms. The average molecular weight is 409 g/mol. The van der Waals surface area contributed by atoms with Gasteiger partial charge >= 0.3 is 0 Å². The number of nitriles is 2. The number of aryl methyl sites for hydroxylation is 1. The molecule has 148 valence electrons. The standard InChI is InChI=1S/C20H19N5O3S/c1-13-3-5-18(20-19(13)15(11-22)12-24-20)25-29(26,27)16-4-6-17(14(9-16)10-21)23-7-8-28-2/h3-6,9,12,23-25H,7-8H2,1-2H3. The molecule has 0 amide bonds. The van der Waals surface area contributed by atoms with Crippen molar-refractivity contribution in [1.82, 2.24) is 4.98 Å². The van der Waals surface area contributed by atoms with Gasteiger partial charge in [0.15, 0.2) is 0 Å². The van der Waals surface area contributed by atoms with E-state index < -0.39 is 10.0 Å². The molecule has 3 N–H and O–H groups in total. The normalized spacial score (nSPS) is 11.0. The SMILES string of the molecule is COCCNc1ccc(S(=O)(=O)Nc2ccc(C)c3c(C#N)c[nH]c23)cc1C#N. The quantitative estimate of drug-likeness (QED) is 0.514. The number of sulfonamides is 1. The fourth-order valence-corrected chi connectivity index (χ4v) is 4.12. The van der Waals surface area contributed by atoms with Crippen LogP contribution in [0.1, 0.15) is 16.7 Å². The highest BCUT2D eigenvalue weighted by molar-refractivity contribution is 7.92. The molecule has 0 spiro atoms. The Labute approximate surface area is 168 Å². The Morgan fingerprint density at radius 3 is 2.52 bits per heavy atom. The molecule has 0 fully saturated rings. The van der Waals surface area contributed by atoms with E-state index in [1.54, 1.807) is 31.5 Å². The molecule has 0 saturated carbocycles. The Hall–Kier alpha value is -3.53. The number of methoxy groups -OCH3 is 1. The average Bonchev–Trinajstić information content (AvgIpc) is 3.15. The lowest BCUT2D eigenvalue weighted by Crippen LogP contribution is -2.14. The van der Waals surface area contributed by atoms with Gasteiger partial charge in [-0.3, -0.25) is 4.72 Å². The number of ether oxygens (including phenoxy) is 1. The Bertz CT molecular complexity index is 1250. The summed E-state index contributed by atoms with van der Waals surface area (Å²) < 4.78 is 33.3. The number of anilines is 2. The summed E-state index contributed by atoms with van der Waals surface area (Å²) in [6.07, 6.45) is 1.55. The minimum atomic E-state index is -3.95. The summed E-state index contributed by atoms with van der Waals surface area (Å²) in [5.41, 5.74) is 2.90. The predicted octanol–water partition coefficient (Wildman–Crippen LogP) is 3.08. The van der Waals surface area contributed by atoms with Gasteiger partial charge in [0.25, 0.3) is 10.0 Å². The molecule has 0 aliphatic heterocycles. The van der Waals surface area contributed by atoms with Crippen molar-refractivity contribution < 1.29 is 13.2 Å². The van der Waals surface area contributed by atoms with Crippen molar-refractivity contribution in [3.63, 3.8) is 0 Å². The molecule has 29 heavy (non-hydrogen) atoms. The summed E-state index contributed by atoms with van der Waals surface area (Å²) in [6, 6.07) is 11.8. The van der Waals surface area contributed by atoms with Gasteiger partial charge in [-0.1, -0.05) is 6.07 Å². The van der Waals surface area contributed by atoms with E-state index in [4.69, 9.17) is 4.74 Å². The number of aromatic nitrogens is 1. The lowest BCUT2D eigenvalue weighted by atomic mass is 10.1. The van der Waals surface area contributed by atoms with Crippen molar-refractivity contribution in [1.29, 1.82) is 10.5 Å². The lowest BCUT2D eigenvalue weighted by Gasteiger charge is -2.12. The highest BCUT2D eigenvalue weighted by Crippen LogP contribution is 2.30. The smallest absolute Gasteiger partial charge is 0.262 e. The first-order valence-electron chi connectivity index (χ1n) is 8.72. The van der Waals surface area contributed by atoms with Crippen molar-refractivity contribution in [2.75, 3.05) is 30.3 Å². The molecule has 3 rings (SSSR count). The number of benzene rings is 2. The van der Waals surface area contributed by atoms with Crippen molar-refractivity contribution in [2.24, 2.45) is 0 Å². The van der Waals surface area contributed by atoms with E-state index in [2.05, 4.69) is 21.1 Å². The highest BCUT2D eigenvalue weighted by Gasteiger charge is 2.19. The largest absolute Gasteiger partial charge is 0.383 e. The van der Waals surface area contributed by atoms with Crippen LogP contribution in [0.3, 0.4) is 0 Å². The molecular weight excluding hydrogens is 390 g/mol. The summed E-state index contributed by atoms with van der Waals surface area (Å²) >= 11 is 0. The van der Waals surface area contributed by atoms with Gasteiger partial charge in [0, 0.05) is 25.2 Å². The van der Waals surface area contributed by atoms with E-state index in [9.17, 15) is 18.9 Å². The number of hydrogen-bond donors (Lipinski definition) is 3. The third kappa shape index (κ3) is 4.02. The van der Waals surface area contributed by atoms with Gasteiger partial charge < -0.3 is 15.0 Å². The van der Waals surface area contributed by atoms with Crippen LogP contribution in [0, 0.1) is 29.6 Å². The van der Waals surface area contributed by atoms with E-state index in [-0.39, 0.29) is 10.5 Å². The summed E-state index contributed by atoms with van der Waals surface area (Å²) in [5, 5.41) is 22.3. The second kappa shape index (κ2) is 8.23. The number of nitrogens with one attached hydrogen (secondary N) is 3. The molecular formula is C20H19N5O3S.